The topological polar surface area (TPSA) is 38.5 Å². The van der Waals surface area contributed by atoms with E-state index >= 15 is 0 Å². The van der Waals surface area contributed by atoms with Gasteiger partial charge in [-0.1, -0.05) is 30.3 Å². The van der Waals surface area contributed by atoms with Gasteiger partial charge in [0.25, 0.3) is 0 Å². The molecule has 0 N–H and O–H groups in total. The van der Waals surface area contributed by atoms with Crippen molar-refractivity contribution in [3.8, 4) is 0 Å². The Morgan fingerprint density at radius 2 is 0.920 bits per heavy atom. The quantitative estimate of drug-likeness (QED) is 0.316. The SMILES string of the molecule is Cc1cccc2c(=O)c3cccc4c(=O)c5cccc(C)c5n(c12)c34. The number of hydrogen-bond acceptors (Lipinski definition) is 2. The van der Waals surface area contributed by atoms with Gasteiger partial charge in [-0.15, -0.1) is 0 Å². The maximum Gasteiger partial charge on any atom is 0.197 e. The van der Waals surface area contributed by atoms with E-state index in [1.165, 1.54) is 0 Å². The van der Waals surface area contributed by atoms with Gasteiger partial charge in [-0.25, -0.2) is 0 Å². The molecule has 0 aliphatic rings. The normalized spacial score (nSPS) is 11.9. The maximum absolute atomic E-state index is 13.1. The molecule has 5 aromatic rings. The van der Waals surface area contributed by atoms with Crippen molar-refractivity contribution in [1.29, 1.82) is 0 Å². The fourth-order valence-electron chi connectivity index (χ4n) is 4.05. The minimum atomic E-state index is -0.0170. The molecule has 0 fully saturated rings. The highest BCUT2D eigenvalue weighted by molar-refractivity contribution is 6.08. The van der Waals surface area contributed by atoms with Crippen LogP contribution >= 0.6 is 0 Å². The maximum atomic E-state index is 13.1. The number of benzene rings is 3. The lowest BCUT2D eigenvalue weighted by Gasteiger charge is -2.16. The van der Waals surface area contributed by atoms with Crippen LogP contribution in [0.15, 0.2) is 64.2 Å². The second-order valence-electron chi connectivity index (χ2n) is 6.64. The van der Waals surface area contributed by atoms with E-state index in [2.05, 4.69) is 4.40 Å². The van der Waals surface area contributed by atoms with Crippen molar-refractivity contribution in [2.24, 2.45) is 0 Å². The van der Waals surface area contributed by atoms with E-state index in [0.717, 1.165) is 27.7 Å². The van der Waals surface area contributed by atoms with Gasteiger partial charge in [0.2, 0.25) is 0 Å². The summed E-state index contributed by atoms with van der Waals surface area (Å²) in [4.78, 5) is 26.1. The number of aryl methyl sites for hydroxylation is 2. The van der Waals surface area contributed by atoms with Crippen LogP contribution in [0.2, 0.25) is 0 Å². The third kappa shape index (κ3) is 1.65. The Bertz CT molecular complexity index is 1340. The summed E-state index contributed by atoms with van der Waals surface area (Å²) in [7, 11) is 0. The third-order valence-corrected chi connectivity index (χ3v) is 5.16. The molecule has 0 saturated heterocycles. The molecule has 120 valence electrons. The molecule has 0 radical (unpaired) electrons. The molecule has 0 amide bonds. The van der Waals surface area contributed by atoms with Gasteiger partial charge < -0.3 is 4.40 Å². The first-order valence-corrected chi connectivity index (χ1v) is 8.31. The summed E-state index contributed by atoms with van der Waals surface area (Å²) < 4.78 is 2.11. The molecule has 2 heterocycles. The van der Waals surface area contributed by atoms with Crippen LogP contribution in [0.5, 0.6) is 0 Å². The second-order valence-corrected chi connectivity index (χ2v) is 6.64. The van der Waals surface area contributed by atoms with E-state index in [9.17, 15) is 9.59 Å². The molecule has 5 rings (SSSR count). The van der Waals surface area contributed by atoms with E-state index < -0.39 is 0 Å². The number of rotatable bonds is 0. The molecule has 3 heteroatoms. The molecule has 0 saturated carbocycles. The van der Waals surface area contributed by atoms with Crippen molar-refractivity contribution in [1.82, 2.24) is 4.40 Å². The Labute approximate surface area is 143 Å². The van der Waals surface area contributed by atoms with Crippen molar-refractivity contribution < 1.29 is 0 Å². The van der Waals surface area contributed by atoms with Crippen LogP contribution in [0.4, 0.5) is 0 Å². The summed E-state index contributed by atoms with van der Waals surface area (Å²) in [5.41, 5.74) is 4.50. The average Bonchev–Trinajstić information content (AvgIpc) is 2.62. The van der Waals surface area contributed by atoms with Crippen LogP contribution in [0.25, 0.3) is 38.1 Å². The zero-order chi connectivity index (χ0) is 17.3. The molecule has 0 atom stereocenters. The van der Waals surface area contributed by atoms with Crippen LogP contribution < -0.4 is 10.9 Å². The Hall–Kier alpha value is -3.20. The highest BCUT2D eigenvalue weighted by Crippen LogP contribution is 2.29. The van der Waals surface area contributed by atoms with Crippen molar-refractivity contribution in [2.45, 2.75) is 13.8 Å². The van der Waals surface area contributed by atoms with Crippen LogP contribution in [-0.2, 0) is 0 Å². The molecular formula is C22H15NO2. The summed E-state index contributed by atoms with van der Waals surface area (Å²) in [6.45, 7) is 4.02. The number of para-hydroxylation sites is 3. The van der Waals surface area contributed by atoms with Crippen LogP contribution in [0.3, 0.4) is 0 Å². The summed E-state index contributed by atoms with van der Waals surface area (Å²) in [6, 6.07) is 17.0. The highest BCUT2D eigenvalue weighted by Gasteiger charge is 2.18. The van der Waals surface area contributed by atoms with Crippen molar-refractivity contribution in [3.05, 3.63) is 86.2 Å². The monoisotopic (exact) mass is 325 g/mol. The summed E-state index contributed by atoms with van der Waals surface area (Å²) in [5.74, 6) is 0. The third-order valence-electron chi connectivity index (χ3n) is 5.16. The molecule has 2 aromatic heterocycles. The van der Waals surface area contributed by atoms with Gasteiger partial charge in [0.15, 0.2) is 10.9 Å². The molecule has 0 spiro atoms. The molecular weight excluding hydrogens is 310 g/mol. The summed E-state index contributed by atoms with van der Waals surface area (Å²) in [6.07, 6.45) is 0. The molecule has 3 nitrogen and oxygen atoms in total. The lowest BCUT2D eigenvalue weighted by atomic mass is 10.0. The van der Waals surface area contributed by atoms with Gasteiger partial charge in [-0.2, -0.15) is 0 Å². The minimum absolute atomic E-state index is 0.0170. The Balaban J connectivity index is 2.39. The second kappa shape index (κ2) is 4.67. The van der Waals surface area contributed by atoms with Gasteiger partial charge in [0.05, 0.1) is 16.6 Å². The molecule has 25 heavy (non-hydrogen) atoms. The molecule has 0 aliphatic carbocycles. The van der Waals surface area contributed by atoms with E-state index in [-0.39, 0.29) is 10.9 Å². The summed E-state index contributed by atoms with van der Waals surface area (Å²) >= 11 is 0. The molecule has 0 unspecified atom stereocenters. The predicted molar refractivity (Wildman–Crippen MR) is 103 cm³/mol. The summed E-state index contributed by atoms with van der Waals surface area (Å²) in [5, 5.41) is 2.57. The fourth-order valence-corrected chi connectivity index (χ4v) is 4.05. The molecule has 3 aromatic carbocycles. The number of fused-ring (bicyclic) bond motifs is 4. The van der Waals surface area contributed by atoms with Crippen molar-refractivity contribution in [2.75, 3.05) is 0 Å². The lowest BCUT2D eigenvalue weighted by Crippen LogP contribution is -2.15. The zero-order valence-electron chi connectivity index (χ0n) is 14.0. The fraction of sp³-hybridized carbons (Fsp3) is 0.0909. The van der Waals surface area contributed by atoms with E-state index in [4.69, 9.17) is 0 Å². The van der Waals surface area contributed by atoms with E-state index in [0.29, 0.717) is 21.5 Å². The van der Waals surface area contributed by atoms with Crippen LogP contribution in [-0.4, -0.2) is 4.40 Å². The number of pyridine rings is 2. The number of aromatic nitrogens is 1. The predicted octanol–water partition coefficient (Wildman–Crippen LogP) is 4.17. The number of nitrogens with zero attached hydrogens (tertiary/aromatic N) is 1. The standard InChI is InChI=1S/C22H15NO2/c1-12-6-3-8-14-18(12)23-19-13(2)7-4-9-15(19)22(25)17-11-5-10-16(20(17)23)21(14)24/h3-11H,1-2H3. The van der Waals surface area contributed by atoms with Gasteiger partial charge >= 0.3 is 0 Å². The van der Waals surface area contributed by atoms with Gasteiger partial charge in [-0.3, -0.25) is 9.59 Å². The first-order valence-electron chi connectivity index (χ1n) is 8.31. The van der Waals surface area contributed by atoms with E-state index in [1.807, 2.05) is 62.4 Å². The van der Waals surface area contributed by atoms with Gasteiger partial charge in [-0.05, 0) is 49.2 Å². The first kappa shape index (κ1) is 14.2. The first-order chi connectivity index (χ1) is 12.1. The largest absolute Gasteiger partial charge is 0.307 e. The van der Waals surface area contributed by atoms with E-state index in [1.54, 1.807) is 6.07 Å². The average molecular weight is 325 g/mol. The zero-order valence-corrected chi connectivity index (χ0v) is 14.0. The number of hydrogen-bond donors (Lipinski definition) is 0. The van der Waals surface area contributed by atoms with Crippen LogP contribution in [0.1, 0.15) is 11.1 Å². The molecule has 0 bridgehead atoms. The van der Waals surface area contributed by atoms with Crippen molar-refractivity contribution >= 4 is 38.1 Å². The Kier molecular flexibility index (Phi) is 2.65. The van der Waals surface area contributed by atoms with Crippen LogP contribution in [0, 0.1) is 13.8 Å². The Morgan fingerprint density at radius 1 is 0.560 bits per heavy atom. The smallest absolute Gasteiger partial charge is 0.197 e. The lowest BCUT2D eigenvalue weighted by molar-refractivity contribution is 1.26. The Morgan fingerprint density at radius 3 is 1.36 bits per heavy atom. The highest BCUT2D eigenvalue weighted by atomic mass is 16.1. The molecule has 0 aliphatic heterocycles. The van der Waals surface area contributed by atoms with Gasteiger partial charge in [0.1, 0.15) is 0 Å². The van der Waals surface area contributed by atoms with Gasteiger partial charge in [0, 0.05) is 21.5 Å². The van der Waals surface area contributed by atoms with Crippen molar-refractivity contribution in [3.63, 3.8) is 0 Å². The minimum Gasteiger partial charge on any atom is -0.307 e.